The van der Waals surface area contributed by atoms with E-state index in [1.807, 2.05) is 41.5 Å². The Labute approximate surface area is 304 Å². The first kappa shape index (κ1) is 37.9. The van der Waals surface area contributed by atoms with E-state index in [0.29, 0.717) is 41.9 Å². The highest BCUT2D eigenvalue weighted by Crippen LogP contribution is 2.56. The van der Waals surface area contributed by atoms with E-state index in [2.05, 4.69) is 13.2 Å². The van der Waals surface area contributed by atoms with E-state index < -0.39 is 46.3 Å². The predicted octanol–water partition coefficient (Wildman–Crippen LogP) is 8.24. The summed E-state index contributed by atoms with van der Waals surface area (Å²) >= 11 is 0. The molecule has 0 aliphatic heterocycles. The van der Waals surface area contributed by atoms with Crippen molar-refractivity contribution < 1.29 is 47.6 Å². The zero-order valence-corrected chi connectivity index (χ0v) is 30.6. The summed E-state index contributed by atoms with van der Waals surface area (Å²) in [5.41, 5.74) is -1.73. The van der Waals surface area contributed by atoms with Gasteiger partial charge in [0.05, 0.1) is 11.1 Å². The third-order valence-electron chi connectivity index (χ3n) is 10.4. The van der Waals surface area contributed by atoms with E-state index in [4.69, 9.17) is 28.4 Å². The van der Waals surface area contributed by atoms with Crippen molar-refractivity contribution in [2.45, 2.75) is 89.6 Å². The molecule has 2 fully saturated rings. The number of hydrogen-bond donors (Lipinski definition) is 0. The van der Waals surface area contributed by atoms with Crippen molar-refractivity contribution in [2.24, 2.45) is 11.8 Å². The molecule has 10 nitrogen and oxygen atoms in total. The maximum atomic E-state index is 12.9. The Morgan fingerprint density at radius 3 is 1.54 bits per heavy atom. The topological polar surface area (TPSA) is 124 Å². The third kappa shape index (κ3) is 8.39. The van der Waals surface area contributed by atoms with E-state index in [9.17, 15) is 19.2 Å². The Hall–Kier alpha value is -5.38. The van der Waals surface area contributed by atoms with Crippen LogP contribution in [0.3, 0.4) is 0 Å². The molecule has 2 aliphatic carbocycles. The lowest BCUT2D eigenvalue weighted by Crippen LogP contribution is -2.38. The van der Waals surface area contributed by atoms with Gasteiger partial charge in [0.2, 0.25) is 0 Å². The summed E-state index contributed by atoms with van der Waals surface area (Å²) in [6.45, 7) is 18.7. The molecule has 52 heavy (non-hydrogen) atoms. The van der Waals surface area contributed by atoms with Gasteiger partial charge in [-0.3, -0.25) is 0 Å². The smallest absolute Gasteiger partial charge is 0.343 e. The van der Waals surface area contributed by atoms with Crippen LogP contribution in [0.2, 0.25) is 0 Å². The van der Waals surface area contributed by atoms with Crippen molar-refractivity contribution in [1.82, 2.24) is 0 Å². The van der Waals surface area contributed by atoms with Gasteiger partial charge in [-0.1, -0.05) is 27.0 Å². The molecule has 0 spiro atoms. The Morgan fingerprint density at radius 2 is 1.08 bits per heavy atom. The molecule has 2 saturated carbocycles. The number of carbonyl (C=O) groups is 4. The SMILES string of the molecule is C=CC(=O)OC1(C)CC1C(C)(CC)Oc1ccc(C(=O)Oc2ccc(OC(=O)c3ccc(OC4(C)C[C@@H]4C(C)(CC)OC(=O)C=C)cc3)cc2)cc1. The van der Waals surface area contributed by atoms with Crippen molar-refractivity contribution in [3.05, 3.63) is 109 Å². The fourth-order valence-corrected chi connectivity index (χ4v) is 6.73. The summed E-state index contributed by atoms with van der Waals surface area (Å²) in [5.74, 6) is -0.324. The van der Waals surface area contributed by atoms with Gasteiger partial charge in [-0.2, -0.15) is 0 Å². The number of hydrogen-bond acceptors (Lipinski definition) is 10. The highest BCUT2D eigenvalue weighted by Gasteiger charge is 2.63. The highest BCUT2D eigenvalue weighted by molar-refractivity contribution is 5.92. The van der Waals surface area contributed by atoms with Crippen molar-refractivity contribution in [1.29, 1.82) is 0 Å². The second-order valence-electron chi connectivity index (χ2n) is 14.2. The molecular weight excluding hydrogens is 664 g/mol. The molecule has 274 valence electrons. The van der Waals surface area contributed by atoms with Crippen molar-refractivity contribution in [3.63, 3.8) is 0 Å². The average Bonchev–Trinajstić information content (AvgIpc) is 4.03. The molecule has 0 radical (unpaired) electrons. The minimum atomic E-state index is -0.678. The van der Waals surface area contributed by atoms with Gasteiger partial charge in [0.25, 0.3) is 0 Å². The minimum Gasteiger partial charge on any atom is -0.487 e. The highest BCUT2D eigenvalue weighted by atomic mass is 16.6. The maximum absolute atomic E-state index is 12.9. The third-order valence-corrected chi connectivity index (χ3v) is 10.4. The largest absolute Gasteiger partial charge is 0.487 e. The van der Waals surface area contributed by atoms with Gasteiger partial charge in [-0.25, -0.2) is 19.2 Å². The molecule has 0 amide bonds. The Morgan fingerprint density at radius 1 is 0.654 bits per heavy atom. The summed E-state index contributed by atoms with van der Waals surface area (Å²) < 4.78 is 34.8. The lowest BCUT2D eigenvalue weighted by Gasteiger charge is -2.31. The van der Waals surface area contributed by atoms with Gasteiger partial charge in [-0.05, 0) is 126 Å². The van der Waals surface area contributed by atoms with Crippen molar-refractivity contribution >= 4 is 23.9 Å². The van der Waals surface area contributed by atoms with Gasteiger partial charge in [-0.15, -0.1) is 0 Å². The van der Waals surface area contributed by atoms with Crippen LogP contribution in [0.5, 0.6) is 23.0 Å². The fraction of sp³-hybridized carbons (Fsp3) is 0.381. The fourth-order valence-electron chi connectivity index (χ4n) is 6.73. The molecule has 0 heterocycles. The molecular formula is C42H46O10. The normalized spacial score (nSPS) is 23.7. The zero-order chi connectivity index (χ0) is 37.9. The first-order valence-electron chi connectivity index (χ1n) is 17.4. The molecule has 5 unspecified atom stereocenters. The molecule has 5 rings (SSSR count). The lowest BCUT2D eigenvalue weighted by molar-refractivity contribution is -0.156. The van der Waals surface area contributed by atoms with Crippen LogP contribution in [0.4, 0.5) is 0 Å². The zero-order valence-electron chi connectivity index (χ0n) is 30.6. The first-order valence-corrected chi connectivity index (χ1v) is 17.4. The quantitative estimate of drug-likeness (QED) is 0.0816. The summed E-state index contributed by atoms with van der Waals surface area (Å²) in [6.07, 6.45) is 5.04. The molecule has 0 N–H and O–H groups in total. The summed E-state index contributed by atoms with van der Waals surface area (Å²) in [5, 5.41) is 0. The summed E-state index contributed by atoms with van der Waals surface area (Å²) in [6, 6.07) is 19.4. The summed E-state index contributed by atoms with van der Waals surface area (Å²) in [4.78, 5) is 49.4. The predicted molar refractivity (Wildman–Crippen MR) is 193 cm³/mol. The molecule has 6 atom stereocenters. The molecule has 0 saturated heterocycles. The van der Waals surface area contributed by atoms with E-state index in [0.717, 1.165) is 18.6 Å². The second-order valence-corrected chi connectivity index (χ2v) is 14.2. The molecule has 3 aromatic rings. The van der Waals surface area contributed by atoms with Gasteiger partial charge >= 0.3 is 23.9 Å². The Bertz CT molecular complexity index is 1830. The second kappa shape index (κ2) is 14.7. The van der Waals surface area contributed by atoms with Crippen LogP contribution in [0.25, 0.3) is 0 Å². The molecule has 0 bridgehead atoms. The van der Waals surface area contributed by atoms with Crippen LogP contribution in [0.15, 0.2) is 98.1 Å². The first-order chi connectivity index (χ1) is 24.6. The van der Waals surface area contributed by atoms with Gasteiger partial charge < -0.3 is 28.4 Å². The standard InChI is InChI=1S/C42H46O10/c1-9-35(43)51-40(6,12-4)34-25-41(34,7)50-32-19-15-28(16-20-32)38(46)48-30-23-21-29(22-24-30)47-37(45)27-13-17-31(18-14-27)49-39(5,11-3)33-26-42(33,8)52-36(44)10-2/h9-10,13-24,33-34H,1-2,11-12,25-26H2,3-8H3/t33?,34-,39?,40?,41?,42?/m1/s1. The Kier molecular flexibility index (Phi) is 10.7. The van der Waals surface area contributed by atoms with Gasteiger partial charge in [0, 0.05) is 24.0 Å². The average molecular weight is 711 g/mol. The van der Waals surface area contributed by atoms with Crippen LogP contribution < -0.4 is 18.9 Å². The monoisotopic (exact) mass is 710 g/mol. The van der Waals surface area contributed by atoms with Crippen LogP contribution >= 0.6 is 0 Å². The van der Waals surface area contributed by atoms with E-state index >= 15 is 0 Å². The maximum Gasteiger partial charge on any atom is 0.343 e. The van der Waals surface area contributed by atoms with Gasteiger partial charge in [0.1, 0.15) is 45.4 Å². The van der Waals surface area contributed by atoms with Crippen LogP contribution in [0, 0.1) is 11.8 Å². The minimum absolute atomic E-state index is 0.00645. The molecule has 0 aromatic heterocycles. The van der Waals surface area contributed by atoms with E-state index in [-0.39, 0.29) is 23.3 Å². The van der Waals surface area contributed by atoms with Crippen LogP contribution in [-0.2, 0) is 19.1 Å². The van der Waals surface area contributed by atoms with E-state index in [1.165, 1.54) is 24.3 Å². The van der Waals surface area contributed by atoms with Gasteiger partial charge in [0.15, 0.2) is 0 Å². The van der Waals surface area contributed by atoms with Crippen LogP contribution in [0.1, 0.15) is 87.9 Å². The lowest BCUT2D eigenvalue weighted by atomic mass is 9.94. The number of benzene rings is 3. The number of esters is 4. The molecule has 10 heteroatoms. The van der Waals surface area contributed by atoms with Crippen molar-refractivity contribution in [3.8, 4) is 23.0 Å². The number of rotatable bonds is 16. The summed E-state index contributed by atoms with van der Waals surface area (Å²) in [7, 11) is 0. The van der Waals surface area contributed by atoms with Crippen molar-refractivity contribution in [2.75, 3.05) is 0 Å². The Balaban J connectivity index is 1.11. The van der Waals surface area contributed by atoms with Crippen LogP contribution in [-0.4, -0.2) is 46.3 Å². The molecule has 3 aromatic carbocycles. The van der Waals surface area contributed by atoms with E-state index in [1.54, 1.807) is 48.5 Å². The molecule has 2 aliphatic rings. The number of carbonyl (C=O) groups excluding carboxylic acids is 4. The number of ether oxygens (including phenoxy) is 6.